The highest BCUT2D eigenvalue weighted by Crippen LogP contribution is 2.42. The molecular weight excluding hydrogens is 395 g/mol. The van der Waals surface area contributed by atoms with Crippen LogP contribution in [-0.2, 0) is 6.18 Å². The number of piperidine rings is 1. The molecule has 1 aromatic carbocycles. The van der Waals surface area contributed by atoms with Crippen LogP contribution in [0.3, 0.4) is 0 Å². The van der Waals surface area contributed by atoms with E-state index < -0.39 is 11.7 Å². The minimum atomic E-state index is -4.34. The fraction of sp³-hybridized carbons (Fsp3) is 0.476. The standard InChI is InChI=1S/C21H24F3N5O/c1-28(16-4-3-11-29(13-16)19-5-2-10-25-27-19)20(30)26-18-12-17(18)14-6-8-15(9-7-14)21(22,23)24/h2,5-10,16-18H,3-4,11-13H2,1H3,(H,26,30)/t16-,17?,18?/m1/s1. The second-order valence-corrected chi connectivity index (χ2v) is 7.95. The van der Waals surface area contributed by atoms with E-state index in [1.165, 1.54) is 12.1 Å². The SMILES string of the molecule is CN(C(=O)NC1CC1c1ccc(C(F)(F)F)cc1)[C@@H]1CCCN(c2cccnn2)C1. The molecule has 1 aromatic heterocycles. The molecule has 2 unspecified atom stereocenters. The van der Waals surface area contributed by atoms with Crippen molar-refractivity contribution in [2.45, 2.75) is 43.4 Å². The first-order chi connectivity index (χ1) is 14.3. The maximum Gasteiger partial charge on any atom is 0.416 e. The number of benzene rings is 1. The molecule has 2 aromatic rings. The molecule has 3 atom stereocenters. The normalized spacial score (nSPS) is 23.7. The van der Waals surface area contributed by atoms with Crippen LogP contribution in [0.1, 0.15) is 36.3 Å². The van der Waals surface area contributed by atoms with E-state index >= 15 is 0 Å². The molecule has 1 aliphatic carbocycles. The highest BCUT2D eigenvalue weighted by atomic mass is 19.4. The molecule has 0 bridgehead atoms. The number of halogens is 3. The van der Waals surface area contributed by atoms with E-state index in [0.29, 0.717) is 6.54 Å². The van der Waals surface area contributed by atoms with Gasteiger partial charge in [-0.1, -0.05) is 12.1 Å². The van der Waals surface area contributed by atoms with E-state index in [0.717, 1.165) is 49.3 Å². The fourth-order valence-corrected chi connectivity index (χ4v) is 4.01. The van der Waals surface area contributed by atoms with Gasteiger partial charge in [0, 0.05) is 38.3 Å². The molecule has 2 aliphatic rings. The zero-order valence-corrected chi connectivity index (χ0v) is 16.6. The largest absolute Gasteiger partial charge is 0.416 e. The molecule has 160 valence electrons. The first-order valence-electron chi connectivity index (χ1n) is 10.1. The Hall–Kier alpha value is -2.84. The molecule has 6 nitrogen and oxygen atoms in total. The van der Waals surface area contributed by atoms with Crippen LogP contribution < -0.4 is 10.2 Å². The van der Waals surface area contributed by atoms with Crippen molar-refractivity contribution in [3.63, 3.8) is 0 Å². The van der Waals surface area contributed by atoms with Gasteiger partial charge in [-0.2, -0.15) is 18.3 Å². The van der Waals surface area contributed by atoms with Crippen molar-refractivity contribution in [1.82, 2.24) is 20.4 Å². The number of urea groups is 1. The number of carbonyl (C=O) groups excluding carboxylic acids is 1. The third kappa shape index (κ3) is 4.49. The number of nitrogens with one attached hydrogen (secondary N) is 1. The molecule has 2 fully saturated rings. The van der Waals surface area contributed by atoms with Crippen LogP contribution in [0.25, 0.3) is 0 Å². The maximum absolute atomic E-state index is 12.7. The molecule has 2 amide bonds. The minimum absolute atomic E-state index is 0.0450. The lowest BCUT2D eigenvalue weighted by Crippen LogP contribution is -2.52. The Morgan fingerprint density at radius 2 is 2.00 bits per heavy atom. The first kappa shape index (κ1) is 20.4. The third-order valence-corrected chi connectivity index (χ3v) is 5.91. The summed E-state index contributed by atoms with van der Waals surface area (Å²) in [5.74, 6) is 0.868. The molecule has 0 radical (unpaired) electrons. The van der Waals surface area contributed by atoms with Crippen molar-refractivity contribution >= 4 is 11.8 Å². The van der Waals surface area contributed by atoms with Gasteiger partial charge in [-0.25, -0.2) is 4.79 Å². The minimum Gasteiger partial charge on any atom is -0.353 e. The number of aromatic nitrogens is 2. The van der Waals surface area contributed by atoms with Crippen LogP contribution in [0.2, 0.25) is 0 Å². The quantitative estimate of drug-likeness (QED) is 0.822. The Kier molecular flexibility index (Phi) is 5.53. The van der Waals surface area contributed by atoms with Crippen molar-refractivity contribution in [2.24, 2.45) is 0 Å². The molecule has 2 heterocycles. The smallest absolute Gasteiger partial charge is 0.353 e. The lowest BCUT2D eigenvalue weighted by atomic mass is 10.0. The summed E-state index contributed by atoms with van der Waals surface area (Å²) >= 11 is 0. The van der Waals surface area contributed by atoms with Gasteiger partial charge in [-0.15, -0.1) is 5.10 Å². The number of hydrogen-bond donors (Lipinski definition) is 1. The molecule has 1 saturated carbocycles. The van der Waals surface area contributed by atoms with Crippen LogP contribution in [0.5, 0.6) is 0 Å². The Labute approximate surface area is 173 Å². The van der Waals surface area contributed by atoms with Gasteiger partial charge in [0.1, 0.15) is 0 Å². The van der Waals surface area contributed by atoms with Crippen molar-refractivity contribution in [3.05, 3.63) is 53.7 Å². The topological polar surface area (TPSA) is 61.4 Å². The molecule has 0 spiro atoms. The van der Waals surface area contributed by atoms with Gasteiger partial charge in [0.25, 0.3) is 0 Å². The molecule has 4 rings (SSSR count). The second kappa shape index (κ2) is 8.12. The van der Waals surface area contributed by atoms with Crippen molar-refractivity contribution in [3.8, 4) is 0 Å². The fourth-order valence-electron chi connectivity index (χ4n) is 4.01. The van der Waals surface area contributed by atoms with E-state index in [2.05, 4.69) is 20.4 Å². The van der Waals surface area contributed by atoms with Crippen molar-refractivity contribution in [2.75, 3.05) is 25.0 Å². The van der Waals surface area contributed by atoms with E-state index in [1.807, 2.05) is 12.1 Å². The van der Waals surface area contributed by atoms with Crippen molar-refractivity contribution in [1.29, 1.82) is 0 Å². The van der Waals surface area contributed by atoms with Gasteiger partial charge in [0.05, 0.1) is 11.6 Å². The van der Waals surface area contributed by atoms with E-state index in [-0.39, 0.29) is 24.0 Å². The summed E-state index contributed by atoms with van der Waals surface area (Å²) in [5, 5.41) is 11.1. The summed E-state index contributed by atoms with van der Waals surface area (Å²) < 4.78 is 38.1. The maximum atomic E-state index is 12.7. The number of alkyl halides is 3. The molecular formula is C21H24F3N5O. The summed E-state index contributed by atoms with van der Waals surface area (Å²) in [6.45, 7) is 1.57. The molecule has 1 saturated heterocycles. The highest BCUT2D eigenvalue weighted by molar-refractivity contribution is 5.75. The second-order valence-electron chi connectivity index (χ2n) is 7.95. The van der Waals surface area contributed by atoms with Crippen LogP contribution in [-0.4, -0.2) is 53.3 Å². The van der Waals surface area contributed by atoms with Gasteiger partial charge in [-0.05, 0) is 49.1 Å². The number of amides is 2. The Morgan fingerprint density at radius 3 is 2.67 bits per heavy atom. The van der Waals surface area contributed by atoms with Gasteiger partial charge < -0.3 is 15.1 Å². The van der Waals surface area contributed by atoms with Gasteiger partial charge in [0.15, 0.2) is 5.82 Å². The number of likely N-dealkylation sites (N-methyl/N-ethyl adjacent to an activating group) is 1. The number of carbonyl (C=O) groups is 1. The number of nitrogens with zero attached hydrogens (tertiary/aromatic N) is 4. The van der Waals surface area contributed by atoms with Gasteiger partial charge in [-0.3, -0.25) is 0 Å². The predicted octanol–water partition coefficient (Wildman–Crippen LogP) is 3.66. The highest BCUT2D eigenvalue weighted by Gasteiger charge is 2.41. The van der Waals surface area contributed by atoms with E-state index in [1.54, 1.807) is 18.1 Å². The van der Waals surface area contributed by atoms with Gasteiger partial charge >= 0.3 is 12.2 Å². The zero-order chi connectivity index (χ0) is 21.3. The Morgan fingerprint density at radius 1 is 1.23 bits per heavy atom. The molecule has 9 heteroatoms. The summed E-state index contributed by atoms with van der Waals surface area (Å²) in [6.07, 6.45) is -0.101. The van der Waals surface area contributed by atoms with E-state index in [9.17, 15) is 18.0 Å². The third-order valence-electron chi connectivity index (χ3n) is 5.91. The van der Waals surface area contributed by atoms with Crippen LogP contribution in [0.4, 0.5) is 23.8 Å². The van der Waals surface area contributed by atoms with Gasteiger partial charge in [0.2, 0.25) is 0 Å². The number of anilines is 1. The van der Waals surface area contributed by atoms with Crippen LogP contribution >= 0.6 is 0 Å². The molecule has 1 aliphatic heterocycles. The zero-order valence-electron chi connectivity index (χ0n) is 16.6. The number of hydrogen-bond acceptors (Lipinski definition) is 4. The monoisotopic (exact) mass is 419 g/mol. The first-order valence-corrected chi connectivity index (χ1v) is 10.1. The lowest BCUT2D eigenvalue weighted by molar-refractivity contribution is -0.137. The average molecular weight is 419 g/mol. The summed E-state index contributed by atoms with van der Waals surface area (Å²) in [5.41, 5.74) is 0.166. The van der Waals surface area contributed by atoms with Crippen LogP contribution in [0, 0.1) is 0 Å². The predicted molar refractivity (Wildman–Crippen MR) is 106 cm³/mol. The summed E-state index contributed by atoms with van der Waals surface area (Å²) in [6, 6.07) is 8.82. The molecule has 1 N–H and O–H groups in total. The average Bonchev–Trinajstić information content (AvgIpc) is 3.52. The lowest BCUT2D eigenvalue weighted by Gasteiger charge is -2.38. The summed E-state index contributed by atoms with van der Waals surface area (Å²) in [4.78, 5) is 16.6. The summed E-state index contributed by atoms with van der Waals surface area (Å²) in [7, 11) is 1.79. The Balaban J connectivity index is 1.31. The Bertz CT molecular complexity index is 874. The van der Waals surface area contributed by atoms with Crippen LogP contribution in [0.15, 0.2) is 42.6 Å². The van der Waals surface area contributed by atoms with Crippen molar-refractivity contribution < 1.29 is 18.0 Å². The molecule has 30 heavy (non-hydrogen) atoms. The number of rotatable bonds is 4. The van der Waals surface area contributed by atoms with E-state index in [4.69, 9.17) is 0 Å².